The molecule has 0 atom stereocenters. The lowest BCUT2D eigenvalue weighted by molar-refractivity contribution is 0.363. The van der Waals surface area contributed by atoms with Crippen molar-refractivity contribution >= 4 is 0 Å². The summed E-state index contributed by atoms with van der Waals surface area (Å²) in [6, 6.07) is 35.3. The van der Waals surface area contributed by atoms with Crippen LogP contribution in [0.15, 0.2) is 103 Å². The summed E-state index contributed by atoms with van der Waals surface area (Å²) in [4.78, 5) is 0. The molecule has 0 saturated heterocycles. The predicted molar refractivity (Wildman–Crippen MR) is 124 cm³/mol. The molecule has 0 unspecified atom stereocenters. The molecule has 0 spiro atoms. The van der Waals surface area contributed by atoms with Gasteiger partial charge in [-0.25, -0.2) is 0 Å². The lowest BCUT2D eigenvalue weighted by atomic mass is 9.64. The molecular weight excluding hydrogens is 384 g/mol. The minimum atomic E-state index is -0.660. The maximum Gasteiger partial charge on any atom is 0.131 e. The van der Waals surface area contributed by atoms with Gasteiger partial charge in [0.05, 0.1) is 32.3 Å². The van der Waals surface area contributed by atoms with Gasteiger partial charge in [0.15, 0.2) is 0 Å². The zero-order chi connectivity index (χ0) is 21.7. The van der Waals surface area contributed by atoms with Crippen LogP contribution < -0.4 is 14.2 Å². The van der Waals surface area contributed by atoms with E-state index >= 15 is 0 Å². The zero-order valence-electron chi connectivity index (χ0n) is 18.0. The first-order valence-electron chi connectivity index (χ1n) is 10.2. The van der Waals surface area contributed by atoms with E-state index < -0.39 is 5.41 Å². The smallest absolute Gasteiger partial charge is 0.131 e. The summed E-state index contributed by atoms with van der Waals surface area (Å²) in [7, 11) is 5.01. The van der Waals surface area contributed by atoms with E-state index in [1.54, 1.807) is 21.3 Å². The van der Waals surface area contributed by atoms with E-state index in [2.05, 4.69) is 72.8 Å². The van der Waals surface area contributed by atoms with Gasteiger partial charge in [-0.1, -0.05) is 91.0 Å². The third-order valence-electron chi connectivity index (χ3n) is 5.71. The van der Waals surface area contributed by atoms with E-state index in [-0.39, 0.29) is 0 Å². The topological polar surface area (TPSA) is 27.7 Å². The van der Waals surface area contributed by atoms with Gasteiger partial charge >= 0.3 is 0 Å². The summed E-state index contributed by atoms with van der Waals surface area (Å²) in [6.45, 7) is 0. The van der Waals surface area contributed by atoms with Crippen LogP contribution >= 0.6 is 0 Å². The molecule has 0 fully saturated rings. The molecular formula is C28H26O3. The van der Waals surface area contributed by atoms with Crippen LogP contribution in [0, 0.1) is 0 Å². The van der Waals surface area contributed by atoms with Gasteiger partial charge in [0.25, 0.3) is 0 Å². The highest BCUT2D eigenvalue weighted by atomic mass is 16.5. The monoisotopic (exact) mass is 410 g/mol. The summed E-state index contributed by atoms with van der Waals surface area (Å²) >= 11 is 0. The Bertz CT molecular complexity index is 1000. The van der Waals surface area contributed by atoms with Crippen LogP contribution in [0.3, 0.4) is 0 Å². The van der Waals surface area contributed by atoms with Crippen molar-refractivity contribution in [1.29, 1.82) is 0 Å². The summed E-state index contributed by atoms with van der Waals surface area (Å²) in [5.74, 6) is 2.08. The standard InChI is InChI=1S/C28H26O3/c1-29-24-19-25(30-2)27(26(20-24)31-3)28(21-13-7-4-8-14-21,22-15-9-5-10-16-22)23-17-11-6-12-18-23/h4-20H,1-3H3. The summed E-state index contributed by atoms with van der Waals surface area (Å²) in [5, 5.41) is 0. The maximum atomic E-state index is 5.94. The Morgan fingerprint density at radius 2 is 0.839 bits per heavy atom. The summed E-state index contributed by atoms with van der Waals surface area (Å²) < 4.78 is 17.4. The largest absolute Gasteiger partial charge is 0.496 e. The SMILES string of the molecule is COc1cc(OC)c(C(c2ccccc2)(c2ccccc2)c2ccccc2)c(OC)c1. The summed E-state index contributed by atoms with van der Waals surface area (Å²) in [5.41, 5.74) is 3.63. The number of ether oxygens (including phenoxy) is 3. The molecule has 0 aliphatic carbocycles. The number of rotatable bonds is 7. The predicted octanol–water partition coefficient (Wildman–Crippen LogP) is 6.10. The first-order chi connectivity index (χ1) is 15.2. The van der Waals surface area contributed by atoms with Crippen LogP contribution in [0.2, 0.25) is 0 Å². The van der Waals surface area contributed by atoms with Crippen LogP contribution in [0.4, 0.5) is 0 Å². The first kappa shape index (κ1) is 20.5. The second-order valence-electron chi connectivity index (χ2n) is 7.25. The molecule has 156 valence electrons. The van der Waals surface area contributed by atoms with E-state index in [4.69, 9.17) is 14.2 Å². The van der Waals surface area contributed by atoms with Crippen molar-refractivity contribution < 1.29 is 14.2 Å². The highest BCUT2D eigenvalue weighted by molar-refractivity contribution is 5.68. The Hall–Kier alpha value is -3.72. The van der Waals surface area contributed by atoms with Crippen LogP contribution in [0.25, 0.3) is 0 Å². The summed E-state index contributed by atoms with van der Waals surface area (Å²) in [6.07, 6.45) is 0. The maximum absolute atomic E-state index is 5.94. The molecule has 31 heavy (non-hydrogen) atoms. The molecule has 3 nitrogen and oxygen atoms in total. The fraction of sp³-hybridized carbons (Fsp3) is 0.143. The Labute approximate surface area is 183 Å². The minimum Gasteiger partial charge on any atom is -0.496 e. The van der Waals surface area contributed by atoms with Crippen molar-refractivity contribution in [1.82, 2.24) is 0 Å². The average Bonchev–Trinajstić information content (AvgIpc) is 2.86. The molecule has 3 heteroatoms. The van der Waals surface area contributed by atoms with Crippen molar-refractivity contribution in [2.24, 2.45) is 0 Å². The van der Waals surface area contributed by atoms with Gasteiger partial charge in [-0.2, -0.15) is 0 Å². The van der Waals surface area contributed by atoms with Gasteiger partial charge in [-0.15, -0.1) is 0 Å². The van der Waals surface area contributed by atoms with E-state index in [1.807, 2.05) is 30.3 Å². The van der Waals surface area contributed by atoms with Crippen LogP contribution in [-0.4, -0.2) is 21.3 Å². The molecule has 4 aromatic carbocycles. The number of hydrogen-bond acceptors (Lipinski definition) is 3. The molecule has 0 amide bonds. The molecule has 0 heterocycles. The number of hydrogen-bond donors (Lipinski definition) is 0. The fourth-order valence-electron chi connectivity index (χ4n) is 4.37. The fourth-order valence-corrected chi connectivity index (χ4v) is 4.37. The second-order valence-corrected chi connectivity index (χ2v) is 7.25. The molecule has 0 bridgehead atoms. The lowest BCUT2D eigenvalue weighted by Gasteiger charge is -2.38. The average molecular weight is 411 g/mol. The highest BCUT2D eigenvalue weighted by Gasteiger charge is 2.43. The van der Waals surface area contributed by atoms with Crippen molar-refractivity contribution in [3.8, 4) is 17.2 Å². The van der Waals surface area contributed by atoms with E-state index in [0.29, 0.717) is 17.2 Å². The Morgan fingerprint density at radius 3 is 1.13 bits per heavy atom. The zero-order valence-corrected chi connectivity index (χ0v) is 18.0. The van der Waals surface area contributed by atoms with Crippen molar-refractivity contribution in [3.63, 3.8) is 0 Å². The molecule has 0 N–H and O–H groups in total. The Kier molecular flexibility index (Phi) is 5.94. The van der Waals surface area contributed by atoms with E-state index in [9.17, 15) is 0 Å². The first-order valence-corrected chi connectivity index (χ1v) is 10.2. The van der Waals surface area contributed by atoms with Crippen LogP contribution in [-0.2, 0) is 5.41 Å². The molecule has 4 rings (SSSR count). The van der Waals surface area contributed by atoms with Crippen LogP contribution in [0.1, 0.15) is 22.3 Å². The third kappa shape index (κ3) is 3.53. The highest BCUT2D eigenvalue weighted by Crippen LogP contribution is 2.52. The Morgan fingerprint density at radius 1 is 0.484 bits per heavy atom. The lowest BCUT2D eigenvalue weighted by Crippen LogP contribution is -2.32. The van der Waals surface area contributed by atoms with E-state index in [0.717, 1.165) is 22.3 Å². The quantitative estimate of drug-likeness (QED) is 0.345. The molecule has 0 aliphatic rings. The normalized spacial score (nSPS) is 11.1. The Balaban J connectivity index is 2.22. The molecule has 0 aliphatic heterocycles. The number of methoxy groups -OCH3 is 3. The van der Waals surface area contributed by atoms with Crippen molar-refractivity contribution in [3.05, 3.63) is 125 Å². The van der Waals surface area contributed by atoms with Crippen LogP contribution in [0.5, 0.6) is 17.2 Å². The van der Waals surface area contributed by atoms with E-state index in [1.165, 1.54) is 0 Å². The number of benzene rings is 4. The minimum absolute atomic E-state index is 0.660. The molecule has 4 aromatic rings. The molecule has 0 aromatic heterocycles. The second kappa shape index (κ2) is 8.97. The van der Waals surface area contributed by atoms with Crippen molar-refractivity contribution in [2.75, 3.05) is 21.3 Å². The van der Waals surface area contributed by atoms with Gasteiger partial charge in [0, 0.05) is 12.1 Å². The third-order valence-corrected chi connectivity index (χ3v) is 5.71. The van der Waals surface area contributed by atoms with Gasteiger partial charge in [-0.05, 0) is 16.7 Å². The molecule has 0 radical (unpaired) electrons. The molecule has 0 saturated carbocycles. The van der Waals surface area contributed by atoms with Gasteiger partial charge < -0.3 is 14.2 Å². The van der Waals surface area contributed by atoms with Gasteiger partial charge in [-0.3, -0.25) is 0 Å². The van der Waals surface area contributed by atoms with Gasteiger partial charge in [0.1, 0.15) is 17.2 Å². The van der Waals surface area contributed by atoms with Crippen molar-refractivity contribution in [2.45, 2.75) is 5.41 Å². The van der Waals surface area contributed by atoms with Gasteiger partial charge in [0.2, 0.25) is 0 Å².